The van der Waals surface area contributed by atoms with Crippen molar-refractivity contribution in [3.63, 3.8) is 0 Å². The number of hydrogen-bond donors (Lipinski definition) is 2. The van der Waals surface area contributed by atoms with Crippen molar-refractivity contribution >= 4 is 23.2 Å². The fraction of sp³-hybridized carbons (Fsp3) is 0.316. The molecule has 2 aromatic carbocycles. The zero-order valence-electron chi connectivity index (χ0n) is 14.9. The van der Waals surface area contributed by atoms with Crippen LogP contribution in [0.1, 0.15) is 27.9 Å². The molecule has 2 N–H and O–H groups in total. The van der Waals surface area contributed by atoms with Crippen molar-refractivity contribution in [3.8, 4) is 5.75 Å². The van der Waals surface area contributed by atoms with Gasteiger partial charge < -0.3 is 15.4 Å². The quantitative estimate of drug-likeness (QED) is 0.649. The van der Waals surface area contributed by atoms with E-state index in [1.54, 1.807) is 12.1 Å². The van der Waals surface area contributed by atoms with Crippen LogP contribution in [0.15, 0.2) is 36.4 Å². The number of alkyl halides is 3. The summed E-state index contributed by atoms with van der Waals surface area (Å²) in [5, 5.41) is 6.26. The van der Waals surface area contributed by atoms with E-state index in [0.717, 1.165) is 17.8 Å². The van der Waals surface area contributed by atoms with Crippen LogP contribution in [0.3, 0.4) is 0 Å². The average molecular weight is 401 g/mol. The van der Waals surface area contributed by atoms with E-state index in [2.05, 4.69) is 10.6 Å². The minimum absolute atomic E-state index is 0.00257. The van der Waals surface area contributed by atoms with Gasteiger partial charge in [0, 0.05) is 24.3 Å². The zero-order valence-corrected chi connectivity index (χ0v) is 15.7. The zero-order chi connectivity index (χ0) is 20.0. The topological polar surface area (TPSA) is 50.4 Å². The molecule has 146 valence electrons. The molecular weight excluding hydrogens is 381 g/mol. The molecule has 0 aliphatic carbocycles. The lowest BCUT2D eigenvalue weighted by atomic mass is 10.1. The summed E-state index contributed by atoms with van der Waals surface area (Å²) in [6.45, 7) is 2.41. The third-order valence-corrected chi connectivity index (χ3v) is 4.08. The van der Waals surface area contributed by atoms with Crippen molar-refractivity contribution in [2.24, 2.45) is 0 Å². The fourth-order valence-corrected chi connectivity index (χ4v) is 2.74. The highest BCUT2D eigenvalue weighted by atomic mass is 35.5. The summed E-state index contributed by atoms with van der Waals surface area (Å²) in [6, 6.07) is 8.59. The summed E-state index contributed by atoms with van der Waals surface area (Å²) < 4.78 is 43.6. The molecule has 0 unspecified atom stereocenters. The van der Waals surface area contributed by atoms with E-state index in [4.69, 9.17) is 16.3 Å². The van der Waals surface area contributed by atoms with Crippen LogP contribution >= 0.6 is 11.6 Å². The van der Waals surface area contributed by atoms with Gasteiger partial charge in [-0.25, -0.2) is 0 Å². The summed E-state index contributed by atoms with van der Waals surface area (Å²) in [5.41, 5.74) is 0.358. The van der Waals surface area contributed by atoms with Gasteiger partial charge in [-0.1, -0.05) is 11.6 Å². The van der Waals surface area contributed by atoms with E-state index in [0.29, 0.717) is 35.8 Å². The summed E-state index contributed by atoms with van der Waals surface area (Å²) in [7, 11) is 1.53. The summed E-state index contributed by atoms with van der Waals surface area (Å²) in [6.07, 6.45) is -3.89. The molecule has 4 nitrogen and oxygen atoms in total. The minimum Gasteiger partial charge on any atom is -0.495 e. The number of nitrogens with one attached hydrogen (secondary N) is 2. The number of carbonyl (C=O) groups excluding carboxylic acids is 1. The first-order valence-electron chi connectivity index (χ1n) is 8.25. The Hall–Kier alpha value is -2.41. The second kappa shape index (κ2) is 8.99. The van der Waals surface area contributed by atoms with Gasteiger partial charge in [0.1, 0.15) is 5.75 Å². The van der Waals surface area contributed by atoms with E-state index >= 15 is 0 Å². The first-order chi connectivity index (χ1) is 12.7. The van der Waals surface area contributed by atoms with Crippen molar-refractivity contribution in [2.45, 2.75) is 19.5 Å². The van der Waals surface area contributed by atoms with Gasteiger partial charge in [0.15, 0.2) is 0 Å². The van der Waals surface area contributed by atoms with E-state index in [1.807, 2.05) is 6.07 Å². The Morgan fingerprint density at radius 1 is 1.15 bits per heavy atom. The highest BCUT2D eigenvalue weighted by Crippen LogP contribution is 2.30. The van der Waals surface area contributed by atoms with Gasteiger partial charge in [-0.3, -0.25) is 4.79 Å². The standard InChI is InChI=1S/C19H20ClF3N2O2/c1-12-8-13(10-14(9-12)19(21,22)23)18(26)25-7-3-6-24-15-4-5-17(27-2)16(20)11-15/h4-5,8-11,24H,3,6-7H2,1-2H3,(H,25,26). The molecule has 0 aliphatic rings. The third kappa shape index (κ3) is 6.06. The van der Waals surface area contributed by atoms with Gasteiger partial charge in [0.25, 0.3) is 5.91 Å². The van der Waals surface area contributed by atoms with E-state index in [1.165, 1.54) is 20.1 Å². The van der Waals surface area contributed by atoms with E-state index < -0.39 is 17.6 Å². The molecule has 27 heavy (non-hydrogen) atoms. The molecular formula is C19H20ClF3N2O2. The van der Waals surface area contributed by atoms with Crippen LogP contribution in [0.4, 0.5) is 18.9 Å². The van der Waals surface area contributed by atoms with Gasteiger partial charge in [0.2, 0.25) is 0 Å². The molecule has 0 saturated heterocycles. The fourth-order valence-electron chi connectivity index (χ4n) is 2.48. The number of anilines is 1. The SMILES string of the molecule is COc1ccc(NCCCNC(=O)c2cc(C)cc(C(F)(F)F)c2)cc1Cl. The number of aryl methyl sites for hydroxylation is 1. The smallest absolute Gasteiger partial charge is 0.416 e. The number of rotatable bonds is 7. The van der Waals surface area contributed by atoms with Crippen molar-refractivity contribution in [2.75, 3.05) is 25.5 Å². The Kier molecular flexibility index (Phi) is 6.96. The molecule has 2 aromatic rings. The number of ether oxygens (including phenoxy) is 1. The van der Waals surface area contributed by atoms with Gasteiger partial charge in [-0.2, -0.15) is 13.2 Å². The lowest BCUT2D eigenvalue weighted by Gasteiger charge is -2.12. The molecule has 0 aliphatic heterocycles. The van der Waals surface area contributed by atoms with Gasteiger partial charge in [-0.15, -0.1) is 0 Å². The number of benzene rings is 2. The maximum atomic E-state index is 12.8. The molecule has 0 spiro atoms. The van der Waals surface area contributed by atoms with E-state index in [-0.39, 0.29) is 5.56 Å². The van der Waals surface area contributed by atoms with Crippen LogP contribution in [0, 0.1) is 6.92 Å². The third-order valence-electron chi connectivity index (χ3n) is 3.79. The lowest BCUT2D eigenvalue weighted by Crippen LogP contribution is -2.26. The number of amides is 1. The molecule has 2 rings (SSSR count). The van der Waals surface area contributed by atoms with Crippen molar-refractivity contribution in [1.29, 1.82) is 0 Å². The minimum atomic E-state index is -4.48. The van der Waals surface area contributed by atoms with Gasteiger partial charge in [0.05, 0.1) is 17.7 Å². The number of carbonyl (C=O) groups is 1. The van der Waals surface area contributed by atoms with Crippen molar-refractivity contribution < 1.29 is 22.7 Å². The maximum Gasteiger partial charge on any atom is 0.416 e. The van der Waals surface area contributed by atoms with E-state index in [9.17, 15) is 18.0 Å². The molecule has 0 bridgehead atoms. The summed E-state index contributed by atoms with van der Waals surface area (Å²) in [5.74, 6) is 0.0440. The molecule has 0 radical (unpaired) electrons. The second-order valence-electron chi connectivity index (χ2n) is 5.97. The molecule has 0 atom stereocenters. The number of methoxy groups -OCH3 is 1. The van der Waals surface area contributed by atoms with Crippen LogP contribution < -0.4 is 15.4 Å². The molecule has 0 saturated carbocycles. The first-order valence-corrected chi connectivity index (χ1v) is 8.63. The molecule has 8 heteroatoms. The maximum absolute atomic E-state index is 12.8. The predicted octanol–water partition coefficient (Wildman–Crippen LogP) is 4.91. The average Bonchev–Trinajstić information content (AvgIpc) is 2.60. The van der Waals surface area contributed by atoms with Crippen LogP contribution in [-0.4, -0.2) is 26.1 Å². The molecule has 0 heterocycles. The highest BCUT2D eigenvalue weighted by molar-refractivity contribution is 6.32. The Morgan fingerprint density at radius 2 is 1.89 bits per heavy atom. The Bertz CT molecular complexity index is 810. The Morgan fingerprint density at radius 3 is 2.52 bits per heavy atom. The number of hydrogen-bond acceptors (Lipinski definition) is 3. The van der Waals surface area contributed by atoms with Gasteiger partial charge >= 0.3 is 6.18 Å². The molecule has 0 fully saturated rings. The van der Waals surface area contributed by atoms with Crippen molar-refractivity contribution in [3.05, 3.63) is 58.1 Å². The van der Waals surface area contributed by atoms with Crippen molar-refractivity contribution in [1.82, 2.24) is 5.32 Å². The van der Waals surface area contributed by atoms with Crippen LogP contribution in [0.25, 0.3) is 0 Å². The highest BCUT2D eigenvalue weighted by Gasteiger charge is 2.31. The Labute approximate surface area is 160 Å². The first kappa shape index (κ1) is 20.9. The van der Waals surface area contributed by atoms with Crippen LogP contribution in [0.5, 0.6) is 5.75 Å². The van der Waals surface area contributed by atoms with Crippen LogP contribution in [0.2, 0.25) is 5.02 Å². The lowest BCUT2D eigenvalue weighted by molar-refractivity contribution is -0.137. The molecule has 1 amide bonds. The predicted molar refractivity (Wildman–Crippen MR) is 99.6 cm³/mol. The Balaban J connectivity index is 1.83. The second-order valence-corrected chi connectivity index (χ2v) is 6.38. The summed E-state index contributed by atoms with van der Waals surface area (Å²) in [4.78, 5) is 12.1. The normalized spacial score (nSPS) is 11.2. The molecule has 0 aromatic heterocycles. The number of halogens is 4. The van der Waals surface area contributed by atoms with Gasteiger partial charge in [-0.05, 0) is 55.3 Å². The monoisotopic (exact) mass is 400 g/mol. The largest absolute Gasteiger partial charge is 0.495 e. The summed E-state index contributed by atoms with van der Waals surface area (Å²) >= 11 is 6.03. The van der Waals surface area contributed by atoms with Crippen LogP contribution in [-0.2, 0) is 6.18 Å².